The minimum absolute atomic E-state index is 0.204. The van der Waals surface area contributed by atoms with Gasteiger partial charge in [-0.2, -0.15) is 13.2 Å². The summed E-state index contributed by atoms with van der Waals surface area (Å²) in [6.45, 7) is 3.29. The lowest BCUT2D eigenvalue weighted by molar-refractivity contribution is -0.137. The van der Waals surface area contributed by atoms with Crippen molar-refractivity contribution in [1.82, 2.24) is 9.80 Å². The van der Waals surface area contributed by atoms with Gasteiger partial charge in [0.2, 0.25) is 0 Å². The molecule has 2 aliphatic rings. The van der Waals surface area contributed by atoms with Crippen molar-refractivity contribution in [3.8, 4) is 17.2 Å². The summed E-state index contributed by atoms with van der Waals surface area (Å²) >= 11 is 0. The van der Waals surface area contributed by atoms with Gasteiger partial charge in [-0.05, 0) is 61.5 Å². The maximum atomic E-state index is 13.1. The highest BCUT2D eigenvalue weighted by molar-refractivity contribution is 6.04. The molecule has 186 valence electrons. The van der Waals surface area contributed by atoms with Crippen LogP contribution in [0, 0.1) is 0 Å². The first-order valence-corrected chi connectivity index (χ1v) is 11.5. The van der Waals surface area contributed by atoms with E-state index in [9.17, 15) is 18.0 Å². The second-order valence-electron chi connectivity index (χ2n) is 8.74. The number of benzene rings is 3. The van der Waals surface area contributed by atoms with Crippen molar-refractivity contribution in [2.45, 2.75) is 19.1 Å². The Morgan fingerprint density at radius 2 is 1.78 bits per heavy atom. The first-order valence-electron chi connectivity index (χ1n) is 11.5. The number of carbonyl (C=O) groups is 1. The summed E-state index contributed by atoms with van der Waals surface area (Å²) in [4.78, 5) is 21.8. The van der Waals surface area contributed by atoms with Crippen molar-refractivity contribution < 1.29 is 27.4 Å². The Bertz CT molecular complexity index is 1320. The van der Waals surface area contributed by atoms with Crippen LogP contribution >= 0.6 is 0 Å². The van der Waals surface area contributed by atoms with Crippen LogP contribution < -0.4 is 9.47 Å². The van der Waals surface area contributed by atoms with Crippen molar-refractivity contribution in [2.75, 3.05) is 26.7 Å². The predicted molar refractivity (Wildman–Crippen MR) is 129 cm³/mol. The molecule has 1 amide bonds. The molecule has 1 saturated heterocycles. The molecule has 2 heterocycles. The third kappa shape index (κ3) is 4.48. The minimum atomic E-state index is -4.44. The lowest BCUT2D eigenvalue weighted by atomic mass is 10.1. The van der Waals surface area contributed by atoms with Gasteiger partial charge in [0.1, 0.15) is 23.0 Å². The largest absolute Gasteiger partial charge is 0.497 e. The minimum Gasteiger partial charge on any atom is -0.497 e. The Kier molecular flexibility index (Phi) is 6.07. The topological polar surface area (TPSA) is 54.4 Å². The first kappa shape index (κ1) is 23.7. The van der Waals surface area contributed by atoms with Crippen molar-refractivity contribution in [1.29, 1.82) is 0 Å². The summed E-state index contributed by atoms with van der Waals surface area (Å²) in [5.41, 5.74) is 0.922. The summed E-state index contributed by atoms with van der Waals surface area (Å²) in [6.07, 6.45) is -4.44. The second kappa shape index (κ2) is 9.22. The Hall–Kier alpha value is -4.01. The molecule has 0 bridgehead atoms. The molecule has 6 nitrogen and oxygen atoms in total. The number of nitrogens with zero attached hydrogens (tertiary/aromatic N) is 3. The van der Waals surface area contributed by atoms with E-state index in [4.69, 9.17) is 14.5 Å². The molecule has 0 spiro atoms. The van der Waals surface area contributed by atoms with Crippen LogP contribution in [0.3, 0.4) is 0 Å². The highest BCUT2D eigenvalue weighted by Crippen LogP contribution is 2.39. The maximum absolute atomic E-state index is 13.1. The third-order valence-electron chi connectivity index (χ3n) is 6.39. The van der Waals surface area contributed by atoms with E-state index in [1.54, 1.807) is 12.0 Å². The van der Waals surface area contributed by atoms with E-state index in [0.29, 0.717) is 48.4 Å². The fourth-order valence-corrected chi connectivity index (χ4v) is 4.49. The number of carbonyl (C=O) groups excluding carboxylic acids is 1. The number of alkyl halides is 3. The maximum Gasteiger partial charge on any atom is 0.416 e. The van der Waals surface area contributed by atoms with Crippen LogP contribution in [0.4, 0.5) is 18.9 Å². The van der Waals surface area contributed by atoms with E-state index in [0.717, 1.165) is 17.7 Å². The molecule has 1 unspecified atom stereocenters. The number of methoxy groups -OCH3 is 1. The highest BCUT2D eigenvalue weighted by atomic mass is 19.4. The molecule has 5 rings (SSSR count). The van der Waals surface area contributed by atoms with E-state index in [1.165, 1.54) is 12.1 Å². The number of amidine groups is 1. The Morgan fingerprint density at radius 3 is 2.47 bits per heavy atom. The van der Waals surface area contributed by atoms with Crippen LogP contribution in [0.1, 0.15) is 28.4 Å². The van der Waals surface area contributed by atoms with Crippen LogP contribution in [-0.2, 0) is 6.18 Å². The van der Waals surface area contributed by atoms with Gasteiger partial charge in [-0.1, -0.05) is 12.1 Å². The molecule has 3 aromatic carbocycles. The van der Waals surface area contributed by atoms with E-state index in [-0.39, 0.29) is 17.5 Å². The van der Waals surface area contributed by atoms with Gasteiger partial charge in [-0.3, -0.25) is 4.79 Å². The molecule has 0 N–H and O–H groups in total. The molecule has 2 aliphatic heterocycles. The SMILES string of the molecule is COc1ccc2c(c1)C(N1CCN(C(=O)c3ccc(C(F)(F)F)cc3)C(C)C1)=Nc1ccccc1O2. The fraction of sp³-hybridized carbons (Fsp3) is 0.259. The van der Waals surface area contributed by atoms with Gasteiger partial charge in [0, 0.05) is 31.2 Å². The van der Waals surface area contributed by atoms with Gasteiger partial charge in [0.05, 0.1) is 18.2 Å². The zero-order valence-corrected chi connectivity index (χ0v) is 19.7. The lowest BCUT2D eigenvalue weighted by Gasteiger charge is -2.41. The Balaban J connectivity index is 1.41. The first-order chi connectivity index (χ1) is 17.2. The molecular weight excluding hydrogens is 471 g/mol. The molecule has 1 atom stereocenters. The Morgan fingerprint density at radius 1 is 1.03 bits per heavy atom. The third-order valence-corrected chi connectivity index (χ3v) is 6.39. The smallest absolute Gasteiger partial charge is 0.416 e. The van der Waals surface area contributed by atoms with Crippen LogP contribution in [-0.4, -0.2) is 54.3 Å². The number of ether oxygens (including phenoxy) is 2. The average molecular weight is 496 g/mol. The lowest BCUT2D eigenvalue weighted by Crippen LogP contribution is -2.55. The monoisotopic (exact) mass is 495 g/mol. The molecule has 0 saturated carbocycles. The van der Waals surface area contributed by atoms with Crippen LogP contribution in [0.15, 0.2) is 71.7 Å². The molecule has 1 fully saturated rings. The number of aliphatic imine (C=N–C) groups is 1. The number of amides is 1. The van der Waals surface area contributed by atoms with E-state index >= 15 is 0 Å². The summed E-state index contributed by atoms with van der Waals surface area (Å²) in [7, 11) is 1.60. The van der Waals surface area contributed by atoms with Crippen molar-refractivity contribution in [3.63, 3.8) is 0 Å². The zero-order valence-electron chi connectivity index (χ0n) is 19.7. The van der Waals surface area contributed by atoms with Gasteiger partial charge in [0.15, 0.2) is 5.75 Å². The number of rotatable bonds is 2. The molecule has 0 aromatic heterocycles. The number of fused-ring (bicyclic) bond motifs is 2. The summed E-state index contributed by atoms with van der Waals surface area (Å²) < 4.78 is 50.3. The normalized spacial score (nSPS) is 17.4. The van der Waals surface area contributed by atoms with Gasteiger partial charge in [-0.25, -0.2) is 4.99 Å². The van der Waals surface area contributed by atoms with Crippen LogP contribution in [0.2, 0.25) is 0 Å². The highest BCUT2D eigenvalue weighted by Gasteiger charge is 2.33. The molecular formula is C27H24F3N3O3. The molecule has 0 radical (unpaired) electrons. The number of para-hydroxylation sites is 2. The fourth-order valence-electron chi connectivity index (χ4n) is 4.49. The number of halogens is 3. The molecule has 3 aromatic rings. The molecule has 0 aliphatic carbocycles. The summed E-state index contributed by atoms with van der Waals surface area (Å²) in [6, 6.07) is 17.2. The van der Waals surface area contributed by atoms with Crippen LogP contribution in [0.25, 0.3) is 0 Å². The van der Waals surface area contributed by atoms with Gasteiger partial charge < -0.3 is 19.3 Å². The zero-order chi connectivity index (χ0) is 25.4. The molecule has 9 heteroatoms. The van der Waals surface area contributed by atoms with E-state index in [1.807, 2.05) is 49.4 Å². The number of piperazine rings is 1. The summed E-state index contributed by atoms with van der Waals surface area (Å²) in [5.74, 6) is 2.37. The molecule has 36 heavy (non-hydrogen) atoms. The second-order valence-corrected chi connectivity index (χ2v) is 8.74. The van der Waals surface area contributed by atoms with Gasteiger partial charge in [-0.15, -0.1) is 0 Å². The van der Waals surface area contributed by atoms with E-state index < -0.39 is 11.7 Å². The van der Waals surface area contributed by atoms with Crippen molar-refractivity contribution in [2.24, 2.45) is 4.99 Å². The van der Waals surface area contributed by atoms with Crippen molar-refractivity contribution >= 4 is 17.4 Å². The summed E-state index contributed by atoms with van der Waals surface area (Å²) in [5, 5.41) is 0. The quantitative estimate of drug-likeness (QED) is 0.455. The van der Waals surface area contributed by atoms with Crippen LogP contribution in [0.5, 0.6) is 17.2 Å². The number of hydrogen-bond acceptors (Lipinski definition) is 5. The van der Waals surface area contributed by atoms with Crippen molar-refractivity contribution in [3.05, 3.63) is 83.4 Å². The van der Waals surface area contributed by atoms with Gasteiger partial charge in [0.25, 0.3) is 5.91 Å². The van der Waals surface area contributed by atoms with Gasteiger partial charge >= 0.3 is 6.18 Å². The Labute approximate surface area is 206 Å². The standard InChI is InChI=1S/C27H24F3N3O3/c1-17-16-32(13-14-33(17)26(34)18-7-9-19(10-8-18)27(28,29)30)25-21-15-20(35-2)11-12-23(21)36-24-6-4-3-5-22(24)31-25/h3-12,15,17H,13-14,16H2,1-2H3. The van der Waals surface area contributed by atoms with E-state index in [2.05, 4.69) is 4.90 Å². The predicted octanol–water partition coefficient (Wildman–Crippen LogP) is 5.74. The number of hydrogen-bond donors (Lipinski definition) is 0. The average Bonchev–Trinajstić information content (AvgIpc) is 3.04.